The third-order valence-electron chi connectivity index (χ3n) is 2.97. The molecule has 1 rings (SSSR count). The lowest BCUT2D eigenvalue weighted by Gasteiger charge is -2.22. The van der Waals surface area contributed by atoms with Crippen molar-refractivity contribution in [1.29, 1.82) is 0 Å². The molecule has 0 saturated heterocycles. The third kappa shape index (κ3) is 5.25. The fourth-order valence-corrected chi connectivity index (χ4v) is 2.50. The maximum Gasteiger partial charge on any atom is 0.239 e. The quantitative estimate of drug-likeness (QED) is 0.815. The average molecular weight is 280 g/mol. The number of carbonyl (C=O) groups is 1. The highest BCUT2D eigenvalue weighted by Crippen LogP contribution is 2.17. The molecule has 4 heteroatoms. The van der Waals surface area contributed by atoms with E-state index in [0.717, 1.165) is 12.0 Å². The van der Waals surface area contributed by atoms with Crippen molar-refractivity contribution >= 4 is 17.7 Å². The fraction of sp³-hybridized carbons (Fsp3) is 0.533. The maximum absolute atomic E-state index is 12.1. The molecule has 2 N–H and O–H groups in total. The van der Waals surface area contributed by atoms with E-state index in [1.807, 2.05) is 25.4 Å². The van der Waals surface area contributed by atoms with Gasteiger partial charge in [0.2, 0.25) is 5.91 Å². The Bertz CT molecular complexity index is 420. The van der Waals surface area contributed by atoms with E-state index >= 15 is 0 Å². The molecule has 1 aromatic rings. The van der Waals surface area contributed by atoms with Crippen molar-refractivity contribution in [3.63, 3.8) is 0 Å². The normalized spacial score (nSPS) is 12.5. The molecule has 0 unspecified atom stereocenters. The first-order chi connectivity index (χ1) is 8.93. The summed E-state index contributed by atoms with van der Waals surface area (Å²) >= 11 is 1.71. The first-order valence-corrected chi connectivity index (χ1v) is 7.80. The van der Waals surface area contributed by atoms with Crippen molar-refractivity contribution < 1.29 is 4.79 Å². The molecule has 0 radical (unpaired) electrons. The predicted molar refractivity (Wildman–Crippen MR) is 82.1 cm³/mol. The lowest BCUT2D eigenvalue weighted by atomic mass is 10.0. The number of amides is 1. The Labute approximate surface area is 120 Å². The van der Waals surface area contributed by atoms with Crippen LogP contribution in [0.25, 0.3) is 0 Å². The van der Waals surface area contributed by atoms with E-state index in [4.69, 9.17) is 5.73 Å². The molecule has 3 nitrogen and oxygen atoms in total. The Morgan fingerprint density at radius 2 is 2.11 bits per heavy atom. The number of hydrogen-bond donors (Lipinski definition) is 1. The topological polar surface area (TPSA) is 46.3 Å². The number of hydrogen-bond acceptors (Lipinski definition) is 3. The molecule has 0 aliphatic carbocycles. The van der Waals surface area contributed by atoms with Gasteiger partial charge in [-0.15, -0.1) is 11.8 Å². The van der Waals surface area contributed by atoms with Crippen molar-refractivity contribution in [2.24, 2.45) is 11.7 Å². The monoisotopic (exact) mass is 280 g/mol. The van der Waals surface area contributed by atoms with Gasteiger partial charge < -0.3 is 10.6 Å². The van der Waals surface area contributed by atoms with Gasteiger partial charge in [-0.3, -0.25) is 4.79 Å². The summed E-state index contributed by atoms with van der Waals surface area (Å²) in [6.45, 7) is 4.77. The van der Waals surface area contributed by atoms with Gasteiger partial charge in [0, 0.05) is 18.5 Å². The third-order valence-corrected chi connectivity index (χ3v) is 3.70. The van der Waals surface area contributed by atoms with Crippen LogP contribution in [-0.2, 0) is 11.3 Å². The van der Waals surface area contributed by atoms with E-state index in [0.29, 0.717) is 12.5 Å². The number of nitrogens with two attached hydrogens (primary N) is 1. The Morgan fingerprint density at radius 1 is 1.42 bits per heavy atom. The molecular formula is C15H24N2OS. The summed E-state index contributed by atoms with van der Waals surface area (Å²) in [7, 11) is 1.81. The number of likely N-dealkylation sites (N-methyl/N-ethyl adjacent to an activating group) is 1. The molecule has 0 aliphatic heterocycles. The molecule has 0 spiro atoms. The van der Waals surface area contributed by atoms with Gasteiger partial charge in [0.15, 0.2) is 0 Å². The van der Waals surface area contributed by atoms with E-state index in [2.05, 4.69) is 26.0 Å². The second-order valence-electron chi connectivity index (χ2n) is 5.28. The van der Waals surface area contributed by atoms with E-state index in [-0.39, 0.29) is 5.91 Å². The number of nitrogens with zero attached hydrogens (tertiary/aromatic N) is 1. The largest absolute Gasteiger partial charge is 0.340 e. The zero-order chi connectivity index (χ0) is 14.4. The zero-order valence-corrected chi connectivity index (χ0v) is 13.0. The van der Waals surface area contributed by atoms with Gasteiger partial charge in [-0.2, -0.15) is 0 Å². The van der Waals surface area contributed by atoms with Gasteiger partial charge >= 0.3 is 0 Å². The summed E-state index contributed by atoms with van der Waals surface area (Å²) in [6.07, 6.45) is 2.78. The molecule has 1 aromatic carbocycles. The van der Waals surface area contributed by atoms with E-state index in [1.165, 1.54) is 4.90 Å². The minimum atomic E-state index is -0.395. The molecule has 0 bridgehead atoms. The number of thioether (sulfide) groups is 1. The molecule has 0 heterocycles. The van der Waals surface area contributed by atoms with Crippen molar-refractivity contribution in [3.8, 4) is 0 Å². The minimum absolute atomic E-state index is 0.0169. The Balaban J connectivity index is 2.62. The van der Waals surface area contributed by atoms with Gasteiger partial charge in [0.1, 0.15) is 0 Å². The van der Waals surface area contributed by atoms with E-state index in [1.54, 1.807) is 16.7 Å². The first kappa shape index (κ1) is 16.1. The molecule has 1 atom stereocenters. The SMILES string of the molecule is CSc1cccc(CN(C)C(=O)[C@H](N)CC(C)C)c1. The van der Waals surface area contributed by atoms with Crippen LogP contribution < -0.4 is 5.73 Å². The van der Waals surface area contributed by atoms with Gasteiger partial charge in [-0.05, 0) is 36.3 Å². The van der Waals surface area contributed by atoms with Crippen LogP contribution in [0.3, 0.4) is 0 Å². The Morgan fingerprint density at radius 3 is 2.68 bits per heavy atom. The standard InChI is InChI=1S/C15H24N2OS/c1-11(2)8-14(16)15(18)17(3)10-12-6-5-7-13(9-12)19-4/h5-7,9,11,14H,8,10,16H2,1-4H3/t14-/m1/s1. The van der Waals surface area contributed by atoms with Crippen molar-refractivity contribution in [2.45, 2.75) is 37.8 Å². The number of rotatable bonds is 6. The number of benzene rings is 1. The highest BCUT2D eigenvalue weighted by molar-refractivity contribution is 7.98. The zero-order valence-electron chi connectivity index (χ0n) is 12.2. The highest BCUT2D eigenvalue weighted by Gasteiger charge is 2.19. The average Bonchev–Trinajstić information content (AvgIpc) is 2.37. The van der Waals surface area contributed by atoms with Crippen LogP contribution in [0.15, 0.2) is 29.2 Å². The van der Waals surface area contributed by atoms with Crippen molar-refractivity contribution in [2.75, 3.05) is 13.3 Å². The van der Waals surface area contributed by atoms with Crippen molar-refractivity contribution in [3.05, 3.63) is 29.8 Å². The van der Waals surface area contributed by atoms with Crippen LogP contribution in [0.4, 0.5) is 0 Å². The van der Waals surface area contributed by atoms with Crippen LogP contribution in [0.1, 0.15) is 25.8 Å². The molecule has 0 saturated carbocycles. The lowest BCUT2D eigenvalue weighted by Crippen LogP contribution is -2.42. The number of carbonyl (C=O) groups excluding carboxylic acids is 1. The molecule has 106 valence electrons. The van der Waals surface area contributed by atoms with Crippen LogP contribution in [0.5, 0.6) is 0 Å². The molecule has 0 aromatic heterocycles. The smallest absolute Gasteiger partial charge is 0.239 e. The van der Waals surface area contributed by atoms with Crippen LogP contribution >= 0.6 is 11.8 Å². The second-order valence-corrected chi connectivity index (χ2v) is 6.16. The minimum Gasteiger partial charge on any atom is -0.340 e. The lowest BCUT2D eigenvalue weighted by molar-refractivity contribution is -0.132. The van der Waals surface area contributed by atoms with Gasteiger partial charge in [-0.1, -0.05) is 26.0 Å². The Hall–Kier alpha value is -1.00. The first-order valence-electron chi connectivity index (χ1n) is 6.57. The van der Waals surface area contributed by atoms with Crippen LogP contribution in [-0.4, -0.2) is 30.2 Å². The summed E-state index contributed by atoms with van der Waals surface area (Å²) < 4.78 is 0. The van der Waals surface area contributed by atoms with Crippen LogP contribution in [0, 0.1) is 5.92 Å². The van der Waals surface area contributed by atoms with E-state index < -0.39 is 6.04 Å². The van der Waals surface area contributed by atoms with Crippen molar-refractivity contribution in [1.82, 2.24) is 4.90 Å². The summed E-state index contributed by atoms with van der Waals surface area (Å²) in [5.41, 5.74) is 7.07. The molecular weight excluding hydrogens is 256 g/mol. The maximum atomic E-state index is 12.1. The summed E-state index contributed by atoms with van der Waals surface area (Å²) in [4.78, 5) is 15.1. The predicted octanol–water partition coefficient (Wildman–Crippen LogP) is 2.74. The second kappa shape index (κ2) is 7.56. The van der Waals surface area contributed by atoms with Gasteiger partial charge in [0.05, 0.1) is 6.04 Å². The fourth-order valence-electron chi connectivity index (χ4n) is 2.01. The van der Waals surface area contributed by atoms with Crippen LogP contribution in [0.2, 0.25) is 0 Å². The van der Waals surface area contributed by atoms with Gasteiger partial charge in [0.25, 0.3) is 0 Å². The summed E-state index contributed by atoms with van der Waals surface area (Å²) in [5, 5.41) is 0. The Kier molecular flexibility index (Phi) is 6.38. The van der Waals surface area contributed by atoms with E-state index in [9.17, 15) is 4.79 Å². The molecule has 1 amide bonds. The molecule has 0 aliphatic rings. The van der Waals surface area contributed by atoms with Gasteiger partial charge in [-0.25, -0.2) is 0 Å². The molecule has 0 fully saturated rings. The highest BCUT2D eigenvalue weighted by atomic mass is 32.2. The summed E-state index contributed by atoms with van der Waals surface area (Å²) in [6, 6.07) is 7.85. The molecule has 19 heavy (non-hydrogen) atoms. The summed E-state index contributed by atoms with van der Waals surface area (Å²) in [5.74, 6) is 0.454.